The third kappa shape index (κ3) is 3.11. The van der Waals surface area contributed by atoms with Crippen LogP contribution < -0.4 is 5.32 Å². The molecular weight excluding hydrogens is 218 g/mol. The average Bonchev–Trinajstić information content (AvgIpc) is 2.28. The molecule has 0 aliphatic carbocycles. The molecule has 0 fully saturated rings. The molecular formula is C12H21N3S. The topological polar surface area (TPSA) is 37.8 Å². The smallest absolute Gasteiger partial charge is 0.133 e. The second kappa shape index (κ2) is 6.09. The van der Waals surface area contributed by atoms with Gasteiger partial charge >= 0.3 is 0 Å². The first-order valence-electron chi connectivity index (χ1n) is 5.78. The van der Waals surface area contributed by atoms with Gasteiger partial charge in [0.1, 0.15) is 17.2 Å². The molecule has 1 rings (SSSR count). The molecule has 1 aromatic heterocycles. The molecule has 16 heavy (non-hydrogen) atoms. The minimum Gasteiger partial charge on any atom is -0.373 e. The van der Waals surface area contributed by atoms with E-state index in [0.717, 1.165) is 17.3 Å². The summed E-state index contributed by atoms with van der Waals surface area (Å²) >= 11 is 1.84. The lowest BCUT2D eigenvalue weighted by atomic mass is 10.2. The van der Waals surface area contributed by atoms with Crippen molar-refractivity contribution in [3.8, 4) is 0 Å². The summed E-state index contributed by atoms with van der Waals surface area (Å²) in [5.74, 6) is 1.61. The van der Waals surface area contributed by atoms with Gasteiger partial charge in [0.05, 0.1) is 0 Å². The summed E-state index contributed by atoms with van der Waals surface area (Å²) in [6.07, 6.45) is 2.60. The SMILES string of the molecule is CCc1c(NC)ncnc1SC(C)C(C)C. The molecule has 1 N–H and O–H groups in total. The maximum Gasteiger partial charge on any atom is 0.133 e. The normalized spacial score (nSPS) is 12.9. The van der Waals surface area contributed by atoms with E-state index >= 15 is 0 Å². The molecule has 0 saturated heterocycles. The Hall–Kier alpha value is -0.770. The van der Waals surface area contributed by atoms with E-state index in [0.29, 0.717) is 11.2 Å². The number of hydrogen-bond donors (Lipinski definition) is 1. The summed E-state index contributed by atoms with van der Waals surface area (Å²) in [6, 6.07) is 0. The van der Waals surface area contributed by atoms with Gasteiger partial charge in [0.2, 0.25) is 0 Å². The average molecular weight is 239 g/mol. The summed E-state index contributed by atoms with van der Waals surface area (Å²) in [4.78, 5) is 8.64. The third-order valence-corrected chi connectivity index (χ3v) is 4.22. The first kappa shape index (κ1) is 13.3. The van der Waals surface area contributed by atoms with Crippen molar-refractivity contribution in [2.75, 3.05) is 12.4 Å². The van der Waals surface area contributed by atoms with Crippen LogP contribution >= 0.6 is 11.8 Å². The van der Waals surface area contributed by atoms with Crippen LogP contribution in [0, 0.1) is 5.92 Å². The molecule has 0 aromatic carbocycles. The molecule has 0 aliphatic heterocycles. The summed E-state index contributed by atoms with van der Waals surface area (Å²) in [6.45, 7) is 8.87. The summed E-state index contributed by atoms with van der Waals surface area (Å²) in [5.41, 5.74) is 1.22. The predicted octanol–water partition coefficient (Wildman–Crippen LogP) is 3.22. The minimum atomic E-state index is 0.574. The number of rotatable bonds is 5. The number of nitrogens with zero attached hydrogens (tertiary/aromatic N) is 2. The van der Waals surface area contributed by atoms with Crippen LogP contribution in [-0.4, -0.2) is 22.3 Å². The van der Waals surface area contributed by atoms with Crippen LogP contribution in [0.5, 0.6) is 0 Å². The van der Waals surface area contributed by atoms with E-state index in [-0.39, 0.29) is 0 Å². The fourth-order valence-electron chi connectivity index (χ4n) is 1.34. The van der Waals surface area contributed by atoms with Crippen LogP contribution in [-0.2, 0) is 6.42 Å². The van der Waals surface area contributed by atoms with Gasteiger partial charge in [0, 0.05) is 17.9 Å². The molecule has 0 saturated carbocycles. The Balaban J connectivity index is 2.95. The summed E-state index contributed by atoms with van der Waals surface area (Å²) in [7, 11) is 1.90. The fourth-order valence-corrected chi connectivity index (χ4v) is 2.46. The highest BCUT2D eigenvalue weighted by Gasteiger charge is 2.14. The zero-order valence-corrected chi connectivity index (χ0v) is 11.6. The van der Waals surface area contributed by atoms with Crippen molar-refractivity contribution in [1.82, 2.24) is 9.97 Å². The monoisotopic (exact) mass is 239 g/mol. The Morgan fingerprint density at radius 3 is 2.50 bits per heavy atom. The Kier molecular flexibility index (Phi) is 5.06. The van der Waals surface area contributed by atoms with E-state index in [1.54, 1.807) is 6.33 Å². The van der Waals surface area contributed by atoms with Crippen LogP contribution in [0.15, 0.2) is 11.4 Å². The van der Waals surface area contributed by atoms with Crippen molar-refractivity contribution in [3.63, 3.8) is 0 Å². The van der Waals surface area contributed by atoms with E-state index in [4.69, 9.17) is 0 Å². The van der Waals surface area contributed by atoms with Gasteiger partial charge in [-0.25, -0.2) is 9.97 Å². The fraction of sp³-hybridized carbons (Fsp3) is 0.667. The first-order valence-corrected chi connectivity index (χ1v) is 6.66. The third-order valence-electron chi connectivity index (χ3n) is 2.73. The van der Waals surface area contributed by atoms with Gasteiger partial charge in [-0.2, -0.15) is 0 Å². The minimum absolute atomic E-state index is 0.574. The van der Waals surface area contributed by atoms with Crippen LogP contribution in [0.1, 0.15) is 33.3 Å². The number of thioether (sulfide) groups is 1. The molecule has 1 aromatic rings. The Bertz CT molecular complexity index is 339. The second-order valence-electron chi connectivity index (χ2n) is 4.18. The Morgan fingerprint density at radius 2 is 2.00 bits per heavy atom. The van der Waals surface area contributed by atoms with Gasteiger partial charge in [0.15, 0.2) is 0 Å². The molecule has 0 bridgehead atoms. The van der Waals surface area contributed by atoms with Crippen molar-refractivity contribution >= 4 is 17.6 Å². The van der Waals surface area contributed by atoms with Crippen molar-refractivity contribution < 1.29 is 0 Å². The highest BCUT2D eigenvalue weighted by molar-refractivity contribution is 7.99. The number of nitrogens with one attached hydrogen (secondary N) is 1. The van der Waals surface area contributed by atoms with Crippen molar-refractivity contribution in [3.05, 3.63) is 11.9 Å². The van der Waals surface area contributed by atoms with E-state index in [1.165, 1.54) is 5.56 Å². The van der Waals surface area contributed by atoms with Gasteiger partial charge in [-0.05, 0) is 12.3 Å². The summed E-state index contributed by atoms with van der Waals surface area (Å²) < 4.78 is 0. The maximum atomic E-state index is 4.39. The van der Waals surface area contributed by atoms with Crippen molar-refractivity contribution in [2.45, 2.75) is 44.4 Å². The summed E-state index contributed by atoms with van der Waals surface area (Å²) in [5, 5.41) is 4.81. The van der Waals surface area contributed by atoms with Gasteiger partial charge in [0.25, 0.3) is 0 Å². The molecule has 1 heterocycles. The highest BCUT2D eigenvalue weighted by atomic mass is 32.2. The zero-order chi connectivity index (χ0) is 12.1. The van der Waals surface area contributed by atoms with Crippen LogP contribution in [0.25, 0.3) is 0 Å². The lowest BCUT2D eigenvalue weighted by molar-refractivity contribution is 0.641. The Labute approximate surface area is 102 Å². The maximum absolute atomic E-state index is 4.39. The lowest BCUT2D eigenvalue weighted by Crippen LogP contribution is -2.08. The van der Waals surface area contributed by atoms with Crippen LogP contribution in [0.3, 0.4) is 0 Å². The first-order chi connectivity index (χ1) is 7.60. The lowest BCUT2D eigenvalue weighted by Gasteiger charge is -2.17. The molecule has 0 aliphatic rings. The zero-order valence-electron chi connectivity index (χ0n) is 10.7. The highest BCUT2D eigenvalue weighted by Crippen LogP contribution is 2.31. The van der Waals surface area contributed by atoms with Gasteiger partial charge in [-0.1, -0.05) is 27.7 Å². The van der Waals surface area contributed by atoms with E-state index in [1.807, 2.05) is 18.8 Å². The Morgan fingerprint density at radius 1 is 1.31 bits per heavy atom. The van der Waals surface area contributed by atoms with Gasteiger partial charge in [-0.3, -0.25) is 0 Å². The number of hydrogen-bond acceptors (Lipinski definition) is 4. The van der Waals surface area contributed by atoms with Crippen molar-refractivity contribution in [2.24, 2.45) is 5.92 Å². The van der Waals surface area contributed by atoms with Gasteiger partial charge < -0.3 is 5.32 Å². The molecule has 90 valence electrons. The molecule has 0 amide bonds. The predicted molar refractivity (Wildman–Crippen MR) is 71.1 cm³/mol. The van der Waals surface area contributed by atoms with Crippen LogP contribution in [0.4, 0.5) is 5.82 Å². The largest absolute Gasteiger partial charge is 0.373 e. The van der Waals surface area contributed by atoms with Crippen molar-refractivity contribution in [1.29, 1.82) is 0 Å². The molecule has 0 spiro atoms. The molecule has 4 heteroatoms. The molecule has 0 radical (unpaired) electrons. The second-order valence-corrected chi connectivity index (χ2v) is 5.54. The van der Waals surface area contributed by atoms with Crippen LogP contribution in [0.2, 0.25) is 0 Å². The van der Waals surface area contributed by atoms with Gasteiger partial charge in [-0.15, -0.1) is 11.8 Å². The molecule has 3 nitrogen and oxygen atoms in total. The number of anilines is 1. The standard InChI is InChI=1S/C12H21N3S/c1-6-10-11(13-5)14-7-15-12(10)16-9(4)8(2)3/h7-9H,6H2,1-5H3,(H,13,14,15). The molecule has 1 unspecified atom stereocenters. The van der Waals surface area contributed by atoms with E-state index < -0.39 is 0 Å². The van der Waals surface area contributed by atoms with E-state index in [2.05, 4.69) is 43.0 Å². The number of aromatic nitrogens is 2. The molecule has 1 atom stereocenters. The quantitative estimate of drug-likeness (QED) is 0.632. The van der Waals surface area contributed by atoms with E-state index in [9.17, 15) is 0 Å².